The molecule has 1 saturated heterocycles. The molecule has 0 spiro atoms. The summed E-state index contributed by atoms with van der Waals surface area (Å²) < 4.78 is 17.8. The highest BCUT2D eigenvalue weighted by molar-refractivity contribution is 6.46. The average Bonchev–Trinajstić information content (AvgIpc) is 3.03. The van der Waals surface area contributed by atoms with Crippen LogP contribution in [0.4, 0.5) is 10.1 Å². The van der Waals surface area contributed by atoms with Gasteiger partial charge < -0.3 is 4.74 Å². The largest absolute Gasteiger partial charge is 0.461 e. The van der Waals surface area contributed by atoms with Gasteiger partial charge in [-0.3, -0.25) is 15.0 Å². The molecule has 7 nitrogen and oxygen atoms in total. The topological polar surface area (TPSA) is 88.1 Å². The van der Waals surface area contributed by atoms with Gasteiger partial charge in [-0.2, -0.15) is 5.10 Å². The number of hydrogen-bond donors (Lipinski definition) is 1. The predicted octanol–water partition coefficient (Wildman–Crippen LogP) is 0.206. The first-order valence-corrected chi connectivity index (χ1v) is 6.68. The molecule has 1 fully saturated rings. The molecule has 1 aromatic carbocycles. The molecule has 0 radical (unpaired) electrons. The number of amides is 2. The molecule has 1 aromatic rings. The number of benzene rings is 1. The molecule has 8 heteroatoms. The summed E-state index contributed by atoms with van der Waals surface area (Å²) in [5, 5.41) is 3.75. The van der Waals surface area contributed by atoms with E-state index in [1.165, 1.54) is 12.1 Å². The minimum absolute atomic E-state index is 0.116. The second-order valence-corrected chi connectivity index (χ2v) is 4.79. The average molecular weight is 305 g/mol. The molecule has 0 aromatic heterocycles. The Morgan fingerprint density at radius 1 is 1.32 bits per heavy atom. The highest BCUT2D eigenvalue weighted by Crippen LogP contribution is 2.30. The van der Waals surface area contributed by atoms with Gasteiger partial charge in [-0.05, 0) is 31.2 Å². The maximum Gasteiger partial charge on any atom is 0.355 e. The van der Waals surface area contributed by atoms with E-state index < -0.39 is 35.6 Å². The van der Waals surface area contributed by atoms with Gasteiger partial charge in [-0.25, -0.2) is 14.1 Å². The standard InChI is InChI=1S/C14H12FN3O4/c1-2-22-14(21)11-9-10(16-17-11)13(20)18(12(9)19)8-5-3-7(15)4-6-8/h3-6,9-10,16H,2H2,1H3. The van der Waals surface area contributed by atoms with Crippen LogP contribution in [0.25, 0.3) is 0 Å². The zero-order chi connectivity index (χ0) is 15.9. The monoisotopic (exact) mass is 305 g/mol. The van der Waals surface area contributed by atoms with Crippen molar-refractivity contribution in [1.82, 2.24) is 5.43 Å². The quantitative estimate of drug-likeness (QED) is 0.637. The number of hydrogen-bond acceptors (Lipinski definition) is 6. The van der Waals surface area contributed by atoms with Gasteiger partial charge in [-0.15, -0.1) is 0 Å². The van der Waals surface area contributed by atoms with Crippen molar-refractivity contribution in [1.29, 1.82) is 0 Å². The van der Waals surface area contributed by atoms with Crippen LogP contribution in [0, 0.1) is 11.7 Å². The highest BCUT2D eigenvalue weighted by atomic mass is 19.1. The lowest BCUT2D eigenvalue weighted by Gasteiger charge is -2.15. The molecule has 0 bridgehead atoms. The van der Waals surface area contributed by atoms with E-state index in [2.05, 4.69) is 10.5 Å². The second-order valence-electron chi connectivity index (χ2n) is 4.79. The molecule has 2 amide bonds. The van der Waals surface area contributed by atoms with E-state index >= 15 is 0 Å². The summed E-state index contributed by atoms with van der Waals surface area (Å²) in [4.78, 5) is 37.5. The molecular weight excluding hydrogens is 293 g/mol. The smallest absolute Gasteiger partial charge is 0.355 e. The number of halogens is 1. The Hall–Kier alpha value is -2.77. The zero-order valence-corrected chi connectivity index (χ0v) is 11.6. The third-order valence-corrected chi connectivity index (χ3v) is 3.49. The van der Waals surface area contributed by atoms with E-state index in [0.29, 0.717) is 0 Å². The normalized spacial score (nSPS) is 23.2. The number of carbonyl (C=O) groups excluding carboxylic acids is 3. The van der Waals surface area contributed by atoms with Crippen LogP contribution < -0.4 is 10.3 Å². The summed E-state index contributed by atoms with van der Waals surface area (Å²) in [6, 6.07) is 4.02. The number of anilines is 1. The van der Waals surface area contributed by atoms with Crippen LogP contribution in [-0.4, -0.2) is 36.1 Å². The van der Waals surface area contributed by atoms with E-state index in [4.69, 9.17) is 4.74 Å². The lowest BCUT2D eigenvalue weighted by molar-refractivity contribution is -0.136. The number of imide groups is 1. The Morgan fingerprint density at radius 2 is 2.00 bits per heavy atom. The van der Waals surface area contributed by atoms with Gasteiger partial charge in [0.1, 0.15) is 17.8 Å². The van der Waals surface area contributed by atoms with E-state index in [-0.39, 0.29) is 18.0 Å². The molecule has 0 aliphatic carbocycles. The summed E-state index contributed by atoms with van der Waals surface area (Å²) in [5.41, 5.74) is 2.63. The van der Waals surface area contributed by atoms with Gasteiger partial charge in [0.05, 0.1) is 12.3 Å². The highest BCUT2D eigenvalue weighted by Gasteiger charge is 2.55. The molecule has 3 rings (SSSR count). The van der Waals surface area contributed by atoms with Crippen LogP contribution in [0.3, 0.4) is 0 Å². The van der Waals surface area contributed by atoms with Crippen molar-refractivity contribution in [2.24, 2.45) is 11.0 Å². The molecule has 2 aliphatic rings. The lowest BCUT2D eigenvalue weighted by atomic mass is 9.99. The summed E-state index contributed by atoms with van der Waals surface area (Å²) in [6.45, 7) is 1.77. The molecule has 1 N–H and O–H groups in total. The number of carbonyl (C=O) groups is 3. The van der Waals surface area contributed by atoms with Gasteiger partial charge in [0, 0.05) is 0 Å². The minimum Gasteiger partial charge on any atom is -0.461 e. The number of nitrogens with zero attached hydrogens (tertiary/aromatic N) is 2. The Labute approximate surface area is 124 Å². The predicted molar refractivity (Wildman–Crippen MR) is 73.4 cm³/mol. The van der Waals surface area contributed by atoms with E-state index in [1.54, 1.807) is 6.92 Å². The number of fused-ring (bicyclic) bond motifs is 1. The first kappa shape index (κ1) is 14.2. The second kappa shape index (κ2) is 5.21. The van der Waals surface area contributed by atoms with Crippen molar-refractivity contribution >= 4 is 29.2 Å². The van der Waals surface area contributed by atoms with Crippen LogP contribution in [0.2, 0.25) is 0 Å². The van der Waals surface area contributed by atoms with Gasteiger partial charge in [0.2, 0.25) is 5.91 Å². The maximum atomic E-state index is 13.0. The number of hydrazone groups is 1. The minimum atomic E-state index is -1.02. The zero-order valence-electron chi connectivity index (χ0n) is 11.6. The molecule has 2 atom stereocenters. The van der Waals surface area contributed by atoms with Crippen molar-refractivity contribution in [3.05, 3.63) is 30.1 Å². The first-order chi connectivity index (χ1) is 10.5. The number of esters is 1. The van der Waals surface area contributed by atoms with Crippen LogP contribution in [-0.2, 0) is 19.1 Å². The molecule has 2 unspecified atom stereocenters. The number of nitrogens with one attached hydrogen (secondary N) is 1. The van der Waals surface area contributed by atoms with Crippen molar-refractivity contribution in [2.75, 3.05) is 11.5 Å². The molecule has 22 heavy (non-hydrogen) atoms. The van der Waals surface area contributed by atoms with Crippen LogP contribution in [0.5, 0.6) is 0 Å². The SMILES string of the molecule is CCOC(=O)C1=NNC2C(=O)N(c3ccc(F)cc3)C(=O)C12. The number of ether oxygens (including phenoxy) is 1. The van der Waals surface area contributed by atoms with E-state index in [0.717, 1.165) is 17.0 Å². The lowest BCUT2D eigenvalue weighted by Crippen LogP contribution is -2.36. The number of rotatable bonds is 3. The van der Waals surface area contributed by atoms with E-state index in [9.17, 15) is 18.8 Å². The third kappa shape index (κ3) is 2.03. The Morgan fingerprint density at radius 3 is 2.64 bits per heavy atom. The van der Waals surface area contributed by atoms with Gasteiger partial charge in [0.25, 0.3) is 5.91 Å². The van der Waals surface area contributed by atoms with Crippen LogP contribution in [0.15, 0.2) is 29.4 Å². The van der Waals surface area contributed by atoms with Crippen molar-refractivity contribution in [3.8, 4) is 0 Å². The first-order valence-electron chi connectivity index (χ1n) is 6.68. The fourth-order valence-electron chi connectivity index (χ4n) is 2.51. The fraction of sp³-hybridized carbons (Fsp3) is 0.286. The van der Waals surface area contributed by atoms with Gasteiger partial charge in [0.15, 0.2) is 5.71 Å². The Bertz CT molecular complexity index is 686. The summed E-state index contributed by atoms with van der Waals surface area (Å²) >= 11 is 0. The molecule has 2 aliphatic heterocycles. The Balaban J connectivity index is 1.91. The van der Waals surface area contributed by atoms with Gasteiger partial charge >= 0.3 is 5.97 Å². The maximum absolute atomic E-state index is 13.0. The van der Waals surface area contributed by atoms with Crippen molar-refractivity contribution in [2.45, 2.75) is 13.0 Å². The summed E-state index contributed by atoms with van der Waals surface area (Å²) in [5.74, 6) is -3.35. The Kier molecular flexibility index (Phi) is 3.36. The van der Waals surface area contributed by atoms with Gasteiger partial charge in [-0.1, -0.05) is 0 Å². The third-order valence-electron chi connectivity index (χ3n) is 3.49. The summed E-state index contributed by atoms with van der Waals surface area (Å²) in [6.07, 6.45) is 0. The van der Waals surface area contributed by atoms with E-state index in [1.807, 2.05) is 0 Å². The summed E-state index contributed by atoms with van der Waals surface area (Å²) in [7, 11) is 0. The molecule has 2 heterocycles. The van der Waals surface area contributed by atoms with Crippen molar-refractivity contribution < 1.29 is 23.5 Å². The van der Waals surface area contributed by atoms with Crippen LogP contribution in [0.1, 0.15) is 6.92 Å². The molecular formula is C14H12FN3O4. The molecule has 0 saturated carbocycles. The fourth-order valence-corrected chi connectivity index (χ4v) is 2.51. The molecule has 114 valence electrons. The van der Waals surface area contributed by atoms with Crippen molar-refractivity contribution in [3.63, 3.8) is 0 Å². The van der Waals surface area contributed by atoms with Crippen LogP contribution >= 0.6 is 0 Å².